The van der Waals surface area contributed by atoms with Gasteiger partial charge >= 0.3 is 0 Å². The number of aromatic nitrogens is 1. The van der Waals surface area contributed by atoms with Crippen molar-refractivity contribution in [1.82, 2.24) is 9.47 Å². The summed E-state index contributed by atoms with van der Waals surface area (Å²) in [6.07, 6.45) is 2.05. The van der Waals surface area contributed by atoms with Crippen molar-refractivity contribution in [2.24, 2.45) is 0 Å². The molecule has 0 aliphatic carbocycles. The van der Waals surface area contributed by atoms with Crippen LogP contribution in [0.4, 0.5) is 0 Å². The number of aryl methyl sites for hydroxylation is 1. The average molecular weight is 268 g/mol. The normalized spacial score (nSPS) is 11.2. The van der Waals surface area contributed by atoms with E-state index in [9.17, 15) is 9.90 Å². The maximum atomic E-state index is 11.7. The van der Waals surface area contributed by atoms with Crippen LogP contribution in [-0.2, 0) is 13.1 Å². The summed E-state index contributed by atoms with van der Waals surface area (Å²) in [6, 6.07) is 1.47. The lowest BCUT2D eigenvalue weighted by Gasteiger charge is -2.22. The van der Waals surface area contributed by atoms with Crippen molar-refractivity contribution >= 4 is 0 Å². The standard InChI is InChI=1S/C14H24N2O3/c1-4-5-6-16-11(2)9-13(18)14(19)12(16)10-15(3)7-8-17/h9,17,19H,4-8,10H2,1-3H3. The zero-order valence-corrected chi connectivity index (χ0v) is 12.0. The molecule has 0 aliphatic rings. The predicted octanol–water partition coefficient (Wildman–Crippen LogP) is 1.09. The molecule has 0 bridgehead atoms. The third-order valence-corrected chi connectivity index (χ3v) is 3.23. The highest BCUT2D eigenvalue weighted by Crippen LogP contribution is 2.17. The minimum atomic E-state index is -0.336. The Hall–Kier alpha value is -1.33. The smallest absolute Gasteiger partial charge is 0.223 e. The summed E-state index contributed by atoms with van der Waals surface area (Å²) < 4.78 is 1.99. The molecule has 0 aliphatic heterocycles. The molecular weight excluding hydrogens is 244 g/mol. The highest BCUT2D eigenvalue weighted by atomic mass is 16.3. The predicted molar refractivity (Wildman–Crippen MR) is 75.4 cm³/mol. The van der Waals surface area contributed by atoms with Crippen LogP contribution in [0.3, 0.4) is 0 Å². The molecule has 19 heavy (non-hydrogen) atoms. The summed E-state index contributed by atoms with van der Waals surface area (Å²) in [6.45, 7) is 5.80. The molecule has 108 valence electrons. The van der Waals surface area contributed by atoms with Crippen LogP contribution < -0.4 is 5.43 Å². The first kappa shape index (κ1) is 15.7. The van der Waals surface area contributed by atoms with Crippen molar-refractivity contribution in [1.29, 1.82) is 0 Å². The van der Waals surface area contributed by atoms with Crippen LogP contribution in [-0.4, -0.2) is 39.9 Å². The SMILES string of the molecule is CCCCn1c(C)cc(=O)c(O)c1CN(C)CCO. The molecule has 1 heterocycles. The first-order valence-electron chi connectivity index (χ1n) is 6.73. The second-order valence-electron chi connectivity index (χ2n) is 4.91. The molecule has 0 atom stereocenters. The van der Waals surface area contributed by atoms with Crippen LogP contribution in [0.15, 0.2) is 10.9 Å². The highest BCUT2D eigenvalue weighted by molar-refractivity contribution is 5.29. The number of hydrogen-bond acceptors (Lipinski definition) is 4. The topological polar surface area (TPSA) is 65.7 Å². The zero-order chi connectivity index (χ0) is 14.4. The molecule has 0 unspecified atom stereocenters. The molecule has 0 aromatic carbocycles. The molecule has 0 saturated carbocycles. The van der Waals surface area contributed by atoms with Crippen molar-refractivity contribution in [3.05, 3.63) is 27.7 Å². The zero-order valence-electron chi connectivity index (χ0n) is 12.0. The van der Waals surface area contributed by atoms with Crippen LogP contribution in [0.1, 0.15) is 31.2 Å². The van der Waals surface area contributed by atoms with Crippen LogP contribution >= 0.6 is 0 Å². The van der Waals surface area contributed by atoms with Crippen molar-refractivity contribution < 1.29 is 10.2 Å². The van der Waals surface area contributed by atoms with Gasteiger partial charge in [-0.1, -0.05) is 13.3 Å². The van der Waals surface area contributed by atoms with Gasteiger partial charge in [0, 0.05) is 31.4 Å². The van der Waals surface area contributed by atoms with Gasteiger partial charge in [-0.05, 0) is 20.4 Å². The minimum absolute atomic E-state index is 0.0578. The number of pyridine rings is 1. The van der Waals surface area contributed by atoms with Gasteiger partial charge in [-0.2, -0.15) is 0 Å². The molecule has 5 heteroatoms. The molecule has 0 spiro atoms. The van der Waals surface area contributed by atoms with Crippen molar-refractivity contribution in [2.75, 3.05) is 20.2 Å². The Kier molecular flexibility index (Phi) is 6.05. The van der Waals surface area contributed by atoms with E-state index in [1.807, 2.05) is 23.4 Å². The monoisotopic (exact) mass is 268 g/mol. The van der Waals surface area contributed by atoms with E-state index in [0.717, 1.165) is 25.1 Å². The van der Waals surface area contributed by atoms with E-state index in [0.29, 0.717) is 18.8 Å². The lowest BCUT2D eigenvalue weighted by Crippen LogP contribution is -2.26. The number of unbranched alkanes of at least 4 members (excludes halogenated alkanes) is 1. The highest BCUT2D eigenvalue weighted by Gasteiger charge is 2.14. The van der Waals surface area contributed by atoms with Gasteiger partial charge in [0.15, 0.2) is 5.75 Å². The molecule has 0 amide bonds. The van der Waals surface area contributed by atoms with Crippen molar-refractivity contribution in [3.8, 4) is 5.75 Å². The van der Waals surface area contributed by atoms with Crippen molar-refractivity contribution in [2.45, 2.75) is 39.8 Å². The Morgan fingerprint density at radius 2 is 2.11 bits per heavy atom. The molecule has 0 saturated heterocycles. The molecule has 1 aromatic heterocycles. The summed E-state index contributed by atoms with van der Waals surface area (Å²) >= 11 is 0. The first-order valence-corrected chi connectivity index (χ1v) is 6.73. The van der Waals surface area contributed by atoms with Crippen LogP contribution in [0.2, 0.25) is 0 Å². The second kappa shape index (κ2) is 7.31. The fourth-order valence-corrected chi connectivity index (χ4v) is 2.11. The van der Waals surface area contributed by atoms with Gasteiger partial charge in [0.1, 0.15) is 0 Å². The molecule has 2 N–H and O–H groups in total. The number of likely N-dealkylation sites (N-methyl/N-ethyl adjacent to an activating group) is 1. The number of aliphatic hydroxyl groups is 1. The molecule has 0 radical (unpaired) electrons. The molecular formula is C14H24N2O3. The van der Waals surface area contributed by atoms with Crippen molar-refractivity contribution in [3.63, 3.8) is 0 Å². The summed E-state index contributed by atoms with van der Waals surface area (Å²) in [5.41, 5.74) is 1.16. The Morgan fingerprint density at radius 3 is 2.68 bits per heavy atom. The quantitative estimate of drug-likeness (QED) is 0.777. The number of hydrogen-bond donors (Lipinski definition) is 2. The van der Waals surface area contributed by atoms with E-state index in [1.54, 1.807) is 0 Å². The molecule has 1 rings (SSSR count). The first-order chi connectivity index (χ1) is 9.01. The Labute approximate surface area is 114 Å². The molecule has 0 fully saturated rings. The van der Waals surface area contributed by atoms with Crippen LogP contribution in [0.5, 0.6) is 5.75 Å². The lowest BCUT2D eigenvalue weighted by molar-refractivity contribution is 0.212. The maximum Gasteiger partial charge on any atom is 0.223 e. The summed E-state index contributed by atoms with van der Waals surface area (Å²) in [4.78, 5) is 13.6. The number of nitrogens with zero attached hydrogens (tertiary/aromatic N) is 2. The Bertz CT molecular complexity index is 468. The largest absolute Gasteiger partial charge is 0.503 e. The van der Waals surface area contributed by atoms with E-state index in [-0.39, 0.29) is 17.8 Å². The average Bonchev–Trinajstić information content (AvgIpc) is 2.35. The number of rotatable bonds is 7. The summed E-state index contributed by atoms with van der Waals surface area (Å²) in [7, 11) is 1.85. The van der Waals surface area contributed by atoms with E-state index in [2.05, 4.69) is 6.92 Å². The summed E-state index contributed by atoms with van der Waals surface area (Å²) in [5.74, 6) is -0.175. The van der Waals surface area contributed by atoms with Gasteiger partial charge in [-0.25, -0.2) is 0 Å². The van der Waals surface area contributed by atoms with E-state index >= 15 is 0 Å². The Balaban J connectivity index is 3.12. The number of aliphatic hydroxyl groups excluding tert-OH is 1. The number of aromatic hydroxyl groups is 1. The molecule has 1 aromatic rings. The minimum Gasteiger partial charge on any atom is -0.503 e. The molecule has 5 nitrogen and oxygen atoms in total. The summed E-state index contributed by atoms with van der Waals surface area (Å²) in [5, 5.41) is 18.9. The van der Waals surface area contributed by atoms with Gasteiger partial charge in [0.25, 0.3) is 0 Å². The van der Waals surface area contributed by atoms with Gasteiger partial charge < -0.3 is 14.8 Å². The van der Waals surface area contributed by atoms with Gasteiger partial charge in [0.05, 0.1) is 12.3 Å². The third kappa shape index (κ3) is 4.08. The second-order valence-corrected chi connectivity index (χ2v) is 4.91. The van der Waals surface area contributed by atoms with Crippen LogP contribution in [0.25, 0.3) is 0 Å². The van der Waals surface area contributed by atoms with E-state index in [4.69, 9.17) is 5.11 Å². The Morgan fingerprint density at radius 1 is 1.42 bits per heavy atom. The van der Waals surface area contributed by atoms with E-state index in [1.165, 1.54) is 6.07 Å². The fraction of sp³-hybridized carbons (Fsp3) is 0.643. The van der Waals surface area contributed by atoms with Gasteiger partial charge in [-0.15, -0.1) is 0 Å². The van der Waals surface area contributed by atoms with Crippen LogP contribution in [0, 0.1) is 6.92 Å². The van der Waals surface area contributed by atoms with Gasteiger partial charge in [0.2, 0.25) is 5.43 Å². The van der Waals surface area contributed by atoms with Gasteiger partial charge in [-0.3, -0.25) is 9.69 Å². The lowest BCUT2D eigenvalue weighted by atomic mass is 10.2. The fourth-order valence-electron chi connectivity index (χ4n) is 2.11. The van der Waals surface area contributed by atoms with E-state index < -0.39 is 0 Å². The third-order valence-electron chi connectivity index (χ3n) is 3.23. The maximum absolute atomic E-state index is 11.7.